The number of carbonyl (C=O) groups is 2. The quantitative estimate of drug-likeness (QED) is 0.614. The molecule has 1 aromatic heterocycles. The number of nitrogens with one attached hydrogen (secondary N) is 2. The maximum atomic E-state index is 12.6. The maximum Gasteiger partial charge on any atom is 0.251 e. The molecule has 160 valence electrons. The van der Waals surface area contributed by atoms with Crippen molar-refractivity contribution < 1.29 is 9.59 Å². The van der Waals surface area contributed by atoms with Crippen molar-refractivity contribution in [1.29, 1.82) is 0 Å². The SMILES string of the molecule is Cl.Cl.NCC1CCCCC1NC(=O)c1cccc(NC(=O)CCn2ccnc2)c1. The van der Waals surface area contributed by atoms with Crippen molar-refractivity contribution in [3.05, 3.63) is 48.5 Å². The van der Waals surface area contributed by atoms with Crippen LogP contribution in [-0.2, 0) is 11.3 Å². The van der Waals surface area contributed by atoms with Crippen molar-refractivity contribution in [3.8, 4) is 0 Å². The normalized spacial score (nSPS) is 18.1. The molecule has 0 radical (unpaired) electrons. The lowest BCUT2D eigenvalue weighted by Crippen LogP contribution is -2.44. The third-order valence-electron chi connectivity index (χ3n) is 5.09. The topological polar surface area (TPSA) is 102 Å². The summed E-state index contributed by atoms with van der Waals surface area (Å²) in [5.41, 5.74) is 7.01. The lowest BCUT2D eigenvalue weighted by molar-refractivity contribution is -0.116. The van der Waals surface area contributed by atoms with Crippen LogP contribution in [0.4, 0.5) is 5.69 Å². The first-order chi connectivity index (χ1) is 13.2. The van der Waals surface area contributed by atoms with Crippen LogP contribution in [0.1, 0.15) is 42.5 Å². The van der Waals surface area contributed by atoms with Crippen LogP contribution < -0.4 is 16.4 Å². The van der Waals surface area contributed by atoms with Gasteiger partial charge in [-0.3, -0.25) is 9.59 Å². The number of imidazole rings is 1. The molecule has 7 nitrogen and oxygen atoms in total. The molecule has 1 aliphatic rings. The van der Waals surface area contributed by atoms with Crippen molar-refractivity contribution in [2.45, 2.75) is 44.7 Å². The van der Waals surface area contributed by atoms with E-state index in [0.29, 0.717) is 36.7 Å². The molecule has 4 N–H and O–H groups in total. The van der Waals surface area contributed by atoms with Gasteiger partial charge in [0.05, 0.1) is 6.33 Å². The first-order valence-corrected chi connectivity index (χ1v) is 9.52. The van der Waals surface area contributed by atoms with Crippen LogP contribution in [0.3, 0.4) is 0 Å². The number of rotatable bonds is 7. The van der Waals surface area contributed by atoms with Crippen LogP contribution in [0.15, 0.2) is 43.0 Å². The average molecular weight is 442 g/mol. The highest BCUT2D eigenvalue weighted by molar-refractivity contribution is 5.97. The van der Waals surface area contributed by atoms with Crippen LogP contribution in [0, 0.1) is 5.92 Å². The summed E-state index contributed by atoms with van der Waals surface area (Å²) in [5.74, 6) is 0.125. The van der Waals surface area contributed by atoms with Crippen LogP contribution in [-0.4, -0.2) is 34.0 Å². The van der Waals surface area contributed by atoms with E-state index in [1.165, 1.54) is 6.42 Å². The lowest BCUT2D eigenvalue weighted by atomic mass is 9.84. The molecule has 1 fully saturated rings. The van der Waals surface area contributed by atoms with Crippen LogP contribution in [0.25, 0.3) is 0 Å². The minimum Gasteiger partial charge on any atom is -0.349 e. The third-order valence-corrected chi connectivity index (χ3v) is 5.09. The van der Waals surface area contributed by atoms with Gasteiger partial charge < -0.3 is 20.9 Å². The Labute approximate surface area is 183 Å². The monoisotopic (exact) mass is 441 g/mol. The molecule has 3 rings (SSSR count). The van der Waals surface area contributed by atoms with Gasteiger partial charge in [-0.1, -0.05) is 18.9 Å². The molecule has 9 heteroatoms. The van der Waals surface area contributed by atoms with E-state index < -0.39 is 0 Å². The number of carbonyl (C=O) groups excluding carboxylic acids is 2. The summed E-state index contributed by atoms with van der Waals surface area (Å²) in [6.07, 6.45) is 9.85. The van der Waals surface area contributed by atoms with Crippen molar-refractivity contribution in [2.75, 3.05) is 11.9 Å². The van der Waals surface area contributed by atoms with E-state index in [9.17, 15) is 9.59 Å². The number of aromatic nitrogens is 2. The van der Waals surface area contributed by atoms with E-state index in [4.69, 9.17) is 5.73 Å². The molecule has 2 atom stereocenters. The lowest BCUT2D eigenvalue weighted by Gasteiger charge is -2.31. The summed E-state index contributed by atoms with van der Waals surface area (Å²) >= 11 is 0. The molecule has 0 saturated heterocycles. The largest absolute Gasteiger partial charge is 0.349 e. The van der Waals surface area contributed by atoms with Crippen LogP contribution in [0.5, 0.6) is 0 Å². The molecule has 1 aromatic carbocycles. The number of hydrogen-bond acceptors (Lipinski definition) is 4. The molecular formula is C20H29Cl2N5O2. The minimum absolute atomic E-state index is 0. The van der Waals surface area contributed by atoms with Crippen molar-refractivity contribution >= 4 is 42.3 Å². The predicted molar refractivity (Wildman–Crippen MR) is 119 cm³/mol. The third kappa shape index (κ3) is 7.34. The second-order valence-electron chi connectivity index (χ2n) is 7.04. The maximum absolute atomic E-state index is 12.6. The molecule has 1 heterocycles. The number of hydrogen-bond donors (Lipinski definition) is 3. The van der Waals surface area contributed by atoms with Gasteiger partial charge in [-0.2, -0.15) is 0 Å². The smallest absolute Gasteiger partial charge is 0.251 e. The van der Waals surface area contributed by atoms with Gasteiger partial charge in [0.15, 0.2) is 0 Å². The van der Waals surface area contributed by atoms with Gasteiger partial charge in [0.1, 0.15) is 0 Å². The zero-order valence-electron chi connectivity index (χ0n) is 16.3. The molecule has 1 aliphatic carbocycles. The van der Waals surface area contributed by atoms with Gasteiger partial charge in [0.25, 0.3) is 5.91 Å². The number of amides is 2. The Bertz CT molecular complexity index is 770. The fraction of sp³-hybridized carbons (Fsp3) is 0.450. The highest BCUT2D eigenvalue weighted by Gasteiger charge is 2.25. The summed E-state index contributed by atoms with van der Waals surface area (Å²) in [6, 6.07) is 7.17. The molecule has 0 bridgehead atoms. The first kappa shape index (κ1) is 24.9. The van der Waals surface area contributed by atoms with Crippen molar-refractivity contribution in [2.24, 2.45) is 11.7 Å². The zero-order valence-corrected chi connectivity index (χ0v) is 17.9. The van der Waals surface area contributed by atoms with Crippen molar-refractivity contribution in [1.82, 2.24) is 14.9 Å². The Kier molecular flexibility index (Phi) is 10.7. The summed E-state index contributed by atoms with van der Waals surface area (Å²) in [6.45, 7) is 1.16. The summed E-state index contributed by atoms with van der Waals surface area (Å²) in [5, 5.41) is 5.97. The zero-order chi connectivity index (χ0) is 19.1. The summed E-state index contributed by atoms with van der Waals surface area (Å²) < 4.78 is 1.85. The number of aryl methyl sites for hydroxylation is 1. The summed E-state index contributed by atoms with van der Waals surface area (Å²) in [4.78, 5) is 28.7. The van der Waals surface area contributed by atoms with Gasteiger partial charge in [0.2, 0.25) is 5.91 Å². The van der Waals surface area contributed by atoms with E-state index in [1.807, 2.05) is 10.8 Å². The number of halogens is 2. The predicted octanol–water partition coefficient (Wildman–Crippen LogP) is 3.00. The minimum atomic E-state index is -0.116. The van der Waals surface area contributed by atoms with E-state index in [2.05, 4.69) is 15.6 Å². The van der Waals surface area contributed by atoms with E-state index in [0.717, 1.165) is 19.3 Å². The van der Waals surface area contributed by atoms with E-state index >= 15 is 0 Å². The fourth-order valence-corrected chi connectivity index (χ4v) is 3.54. The molecule has 2 amide bonds. The second-order valence-corrected chi connectivity index (χ2v) is 7.04. The number of benzene rings is 1. The Morgan fingerprint density at radius 1 is 1.21 bits per heavy atom. The van der Waals surface area contributed by atoms with Gasteiger partial charge in [0, 0.05) is 42.7 Å². The molecule has 1 saturated carbocycles. The number of nitrogens with two attached hydrogens (primary N) is 1. The van der Waals surface area contributed by atoms with Crippen molar-refractivity contribution in [3.63, 3.8) is 0 Å². The van der Waals surface area contributed by atoms with Gasteiger partial charge in [-0.05, 0) is 43.5 Å². The molecular weight excluding hydrogens is 413 g/mol. The highest BCUT2D eigenvalue weighted by Crippen LogP contribution is 2.24. The molecule has 2 unspecified atom stereocenters. The Hall–Kier alpha value is -2.09. The summed E-state index contributed by atoms with van der Waals surface area (Å²) in [7, 11) is 0. The first-order valence-electron chi connectivity index (χ1n) is 9.52. The van der Waals surface area contributed by atoms with Gasteiger partial charge in [-0.25, -0.2) is 4.98 Å². The van der Waals surface area contributed by atoms with E-state index in [1.54, 1.807) is 36.8 Å². The molecule has 0 spiro atoms. The Balaban J connectivity index is 0.00000210. The standard InChI is InChI=1S/C20H27N5O2.2ClH/c21-13-16-4-1-2-7-18(16)24-20(27)15-5-3-6-17(12-15)23-19(26)8-10-25-11-9-22-14-25;;/h3,5-6,9,11-12,14,16,18H,1-2,4,7-8,10,13,21H2,(H,23,26)(H,24,27);2*1H. The second kappa shape index (κ2) is 12.5. The number of nitrogens with zero attached hydrogens (tertiary/aromatic N) is 2. The van der Waals surface area contributed by atoms with Crippen LogP contribution in [0.2, 0.25) is 0 Å². The fourth-order valence-electron chi connectivity index (χ4n) is 3.54. The van der Waals surface area contributed by atoms with Gasteiger partial charge >= 0.3 is 0 Å². The van der Waals surface area contributed by atoms with Gasteiger partial charge in [-0.15, -0.1) is 24.8 Å². The Morgan fingerprint density at radius 3 is 2.72 bits per heavy atom. The molecule has 2 aromatic rings. The van der Waals surface area contributed by atoms with E-state index in [-0.39, 0.29) is 42.7 Å². The molecule has 29 heavy (non-hydrogen) atoms. The number of anilines is 1. The average Bonchev–Trinajstić information content (AvgIpc) is 3.21. The Morgan fingerprint density at radius 2 is 2.00 bits per heavy atom. The van der Waals surface area contributed by atoms with Crippen LogP contribution >= 0.6 is 24.8 Å². The molecule has 0 aliphatic heterocycles. The highest BCUT2D eigenvalue weighted by atomic mass is 35.5.